The van der Waals surface area contributed by atoms with Gasteiger partial charge in [-0.2, -0.15) is 0 Å². The molecule has 12 heteroatoms. The van der Waals surface area contributed by atoms with Crippen molar-refractivity contribution in [3.8, 4) is 0 Å². The molecule has 9 nitrogen and oxygen atoms in total. The summed E-state index contributed by atoms with van der Waals surface area (Å²) in [5.74, 6) is -1.29. The largest absolute Gasteiger partial charge is 0.326 e. The summed E-state index contributed by atoms with van der Waals surface area (Å²) in [4.78, 5) is 16.6. The number of amides is 1. The van der Waals surface area contributed by atoms with Crippen LogP contribution in [0, 0.1) is 11.7 Å². The topological polar surface area (TPSA) is 126 Å². The van der Waals surface area contributed by atoms with Gasteiger partial charge in [0.25, 0.3) is 10.0 Å². The van der Waals surface area contributed by atoms with E-state index in [1.165, 1.54) is 65.2 Å². The number of aromatic nitrogens is 1. The Morgan fingerprint density at radius 1 is 0.944 bits per heavy atom. The number of rotatable bonds is 8. The summed E-state index contributed by atoms with van der Waals surface area (Å²) in [6.07, 6.45) is 3.64. The molecule has 1 aliphatic rings. The number of hydrogen-bond donors (Lipinski definition) is 2. The SMILES string of the molecule is O=C(Nc1ccc(S(=O)(=O)Nc2cccnc2)cc1)C1CCN(S(=O)(=O)Cc2ccc(F)cc2)CC1. The number of nitrogens with zero attached hydrogens (tertiary/aromatic N) is 2. The highest BCUT2D eigenvalue weighted by molar-refractivity contribution is 7.92. The van der Waals surface area contributed by atoms with Crippen molar-refractivity contribution in [2.45, 2.75) is 23.5 Å². The Morgan fingerprint density at radius 3 is 2.22 bits per heavy atom. The second-order valence-electron chi connectivity index (χ2n) is 8.42. The van der Waals surface area contributed by atoms with Crippen LogP contribution in [-0.4, -0.2) is 45.1 Å². The molecule has 1 saturated heterocycles. The van der Waals surface area contributed by atoms with Crippen molar-refractivity contribution in [1.29, 1.82) is 0 Å². The lowest BCUT2D eigenvalue weighted by atomic mass is 9.97. The maximum atomic E-state index is 13.1. The Morgan fingerprint density at radius 2 is 1.61 bits per heavy atom. The van der Waals surface area contributed by atoms with Gasteiger partial charge < -0.3 is 5.32 Å². The Kier molecular flexibility index (Phi) is 7.67. The van der Waals surface area contributed by atoms with Gasteiger partial charge in [0.2, 0.25) is 15.9 Å². The summed E-state index contributed by atoms with van der Waals surface area (Å²) in [6, 6.07) is 14.3. The minimum atomic E-state index is -3.81. The number of carbonyl (C=O) groups is 1. The zero-order chi connectivity index (χ0) is 25.8. The van der Waals surface area contributed by atoms with E-state index in [1.54, 1.807) is 12.1 Å². The number of sulfonamides is 2. The van der Waals surface area contributed by atoms with Gasteiger partial charge >= 0.3 is 0 Å². The monoisotopic (exact) mass is 532 g/mol. The minimum absolute atomic E-state index is 0.0315. The third-order valence-electron chi connectivity index (χ3n) is 5.83. The predicted octanol–water partition coefficient (Wildman–Crippen LogP) is 3.20. The summed E-state index contributed by atoms with van der Waals surface area (Å²) in [7, 11) is -7.39. The maximum Gasteiger partial charge on any atom is 0.261 e. The highest BCUT2D eigenvalue weighted by atomic mass is 32.2. The lowest BCUT2D eigenvalue weighted by molar-refractivity contribution is -0.120. The van der Waals surface area contributed by atoms with E-state index in [0.29, 0.717) is 29.8 Å². The fourth-order valence-corrected chi connectivity index (χ4v) is 6.48. The quantitative estimate of drug-likeness (QED) is 0.459. The van der Waals surface area contributed by atoms with Crippen molar-refractivity contribution < 1.29 is 26.0 Å². The molecular formula is C24H25FN4O5S2. The lowest BCUT2D eigenvalue weighted by Gasteiger charge is -2.30. The van der Waals surface area contributed by atoms with E-state index in [1.807, 2.05) is 0 Å². The van der Waals surface area contributed by atoms with Gasteiger partial charge in [0.15, 0.2) is 0 Å². The van der Waals surface area contributed by atoms with E-state index in [4.69, 9.17) is 0 Å². The van der Waals surface area contributed by atoms with Gasteiger partial charge in [0.05, 0.1) is 22.5 Å². The van der Waals surface area contributed by atoms with Gasteiger partial charge in [-0.25, -0.2) is 25.5 Å². The van der Waals surface area contributed by atoms with E-state index in [0.717, 1.165) is 0 Å². The Hall–Kier alpha value is -3.35. The summed E-state index contributed by atoms with van der Waals surface area (Å²) >= 11 is 0. The molecule has 1 aliphatic heterocycles. The number of carbonyl (C=O) groups excluding carboxylic acids is 1. The Bertz CT molecular complexity index is 1410. The number of halogens is 1. The number of nitrogens with one attached hydrogen (secondary N) is 2. The first kappa shape index (κ1) is 25.7. The molecule has 0 aliphatic carbocycles. The van der Waals surface area contributed by atoms with Gasteiger partial charge in [-0.15, -0.1) is 0 Å². The van der Waals surface area contributed by atoms with Gasteiger partial charge in [-0.3, -0.25) is 14.5 Å². The van der Waals surface area contributed by atoms with E-state index >= 15 is 0 Å². The molecule has 0 spiro atoms. The van der Waals surface area contributed by atoms with E-state index in [-0.39, 0.29) is 35.6 Å². The van der Waals surface area contributed by atoms with Crippen molar-refractivity contribution in [3.63, 3.8) is 0 Å². The van der Waals surface area contributed by atoms with Crippen LogP contribution in [-0.2, 0) is 30.6 Å². The molecule has 0 bridgehead atoms. The summed E-state index contributed by atoms with van der Waals surface area (Å²) in [5, 5.41) is 2.77. The van der Waals surface area contributed by atoms with Gasteiger partial charge in [0, 0.05) is 30.9 Å². The first-order valence-electron chi connectivity index (χ1n) is 11.2. The number of benzene rings is 2. The van der Waals surface area contributed by atoms with Crippen LogP contribution in [0.2, 0.25) is 0 Å². The molecule has 3 aromatic rings. The molecule has 36 heavy (non-hydrogen) atoms. The zero-order valence-corrected chi connectivity index (χ0v) is 20.8. The smallest absolute Gasteiger partial charge is 0.261 e. The third-order valence-corrected chi connectivity index (χ3v) is 9.07. The maximum absolute atomic E-state index is 13.1. The fourth-order valence-electron chi connectivity index (χ4n) is 3.88. The van der Waals surface area contributed by atoms with Crippen molar-refractivity contribution in [1.82, 2.24) is 9.29 Å². The molecule has 190 valence electrons. The zero-order valence-electron chi connectivity index (χ0n) is 19.2. The molecule has 1 aromatic heterocycles. The first-order valence-corrected chi connectivity index (χ1v) is 14.3. The highest BCUT2D eigenvalue weighted by Gasteiger charge is 2.31. The van der Waals surface area contributed by atoms with Gasteiger partial charge in [-0.05, 0) is 66.9 Å². The molecule has 0 atom stereocenters. The molecule has 4 rings (SSSR count). The number of hydrogen-bond acceptors (Lipinski definition) is 6. The third kappa shape index (κ3) is 6.45. The number of piperidine rings is 1. The molecule has 0 saturated carbocycles. The van der Waals surface area contributed by atoms with Crippen LogP contribution < -0.4 is 10.0 Å². The van der Waals surface area contributed by atoms with E-state index in [2.05, 4.69) is 15.0 Å². The molecule has 0 radical (unpaired) electrons. The van der Waals surface area contributed by atoms with Crippen molar-refractivity contribution in [2.75, 3.05) is 23.1 Å². The minimum Gasteiger partial charge on any atom is -0.326 e. The molecule has 1 amide bonds. The molecule has 2 aromatic carbocycles. The highest BCUT2D eigenvalue weighted by Crippen LogP contribution is 2.24. The van der Waals surface area contributed by atoms with Crippen LogP contribution in [0.5, 0.6) is 0 Å². The van der Waals surface area contributed by atoms with Crippen LogP contribution in [0.1, 0.15) is 18.4 Å². The second kappa shape index (κ2) is 10.7. The molecule has 2 heterocycles. The fraction of sp³-hybridized carbons (Fsp3) is 0.250. The average molecular weight is 533 g/mol. The van der Waals surface area contributed by atoms with Crippen molar-refractivity contribution in [3.05, 3.63) is 84.4 Å². The Balaban J connectivity index is 1.31. The molecule has 0 unspecified atom stereocenters. The molecule has 2 N–H and O–H groups in total. The summed E-state index contributed by atoms with van der Waals surface area (Å²) < 4.78 is 67.3. The van der Waals surface area contributed by atoms with Crippen molar-refractivity contribution in [2.24, 2.45) is 5.92 Å². The van der Waals surface area contributed by atoms with Crippen LogP contribution in [0.4, 0.5) is 15.8 Å². The van der Waals surface area contributed by atoms with E-state index < -0.39 is 25.9 Å². The van der Waals surface area contributed by atoms with Crippen LogP contribution in [0.3, 0.4) is 0 Å². The summed E-state index contributed by atoms with van der Waals surface area (Å²) in [5.41, 5.74) is 1.27. The molecule has 1 fully saturated rings. The number of anilines is 2. The normalized spacial score (nSPS) is 15.4. The average Bonchev–Trinajstić information content (AvgIpc) is 2.86. The standard InChI is InChI=1S/C24H25FN4O5S2/c25-20-5-3-18(4-6-20)17-35(31,32)29-14-11-19(12-15-29)24(30)27-21-7-9-23(10-8-21)36(33,34)28-22-2-1-13-26-16-22/h1-10,13,16,19,28H,11-12,14-15,17H2,(H,27,30). The second-order valence-corrected chi connectivity index (χ2v) is 12.1. The predicted molar refractivity (Wildman–Crippen MR) is 133 cm³/mol. The number of pyridine rings is 1. The summed E-state index contributed by atoms with van der Waals surface area (Å²) in [6.45, 7) is 0.414. The van der Waals surface area contributed by atoms with Crippen LogP contribution >= 0.6 is 0 Å². The van der Waals surface area contributed by atoms with Crippen LogP contribution in [0.25, 0.3) is 0 Å². The van der Waals surface area contributed by atoms with Gasteiger partial charge in [-0.1, -0.05) is 12.1 Å². The lowest BCUT2D eigenvalue weighted by Crippen LogP contribution is -2.41. The van der Waals surface area contributed by atoms with Crippen LogP contribution in [0.15, 0.2) is 78.0 Å². The molecular weight excluding hydrogens is 507 g/mol. The van der Waals surface area contributed by atoms with E-state index in [9.17, 15) is 26.0 Å². The van der Waals surface area contributed by atoms with Crippen molar-refractivity contribution >= 4 is 37.3 Å². The first-order chi connectivity index (χ1) is 17.1. The van der Waals surface area contributed by atoms with Gasteiger partial charge in [0.1, 0.15) is 5.82 Å². The Labute approximate surface area is 209 Å².